The van der Waals surface area contributed by atoms with Gasteiger partial charge in [-0.25, -0.2) is 0 Å². The molecule has 0 bridgehead atoms. The largest absolute Gasteiger partial charge is 0.377 e. The van der Waals surface area contributed by atoms with Gasteiger partial charge in [0.1, 0.15) is 5.60 Å². The fourth-order valence-corrected chi connectivity index (χ4v) is 7.55. The van der Waals surface area contributed by atoms with Crippen LogP contribution in [0.5, 0.6) is 0 Å². The Balaban J connectivity index is 1.67. The Kier molecular flexibility index (Phi) is 3.26. The molecule has 4 fully saturated rings. The van der Waals surface area contributed by atoms with Gasteiger partial charge in [-0.05, 0) is 80.5 Å². The molecule has 122 valence electrons. The van der Waals surface area contributed by atoms with Crippen LogP contribution in [-0.4, -0.2) is 10.7 Å². The molecule has 0 saturated heterocycles. The van der Waals surface area contributed by atoms with Gasteiger partial charge < -0.3 is 5.11 Å². The zero-order chi connectivity index (χ0) is 15.6. The summed E-state index contributed by atoms with van der Waals surface area (Å²) in [6, 6.07) is 0. The van der Waals surface area contributed by atoms with Gasteiger partial charge in [0.25, 0.3) is 0 Å². The van der Waals surface area contributed by atoms with Crippen molar-refractivity contribution in [1.82, 2.24) is 0 Å². The first-order valence-electron chi connectivity index (χ1n) is 9.65. The molecule has 7 atom stereocenters. The standard InChI is InChI=1S/C21H32O/c1-4-21(22)14-11-18-16-9-8-15-7-5-6-12-19(15,2)17(16)10-13-20(18,21)3/h1,15-18,22H,5-14H2,2-3H3/t15?,16-,17-,18+,19+,20+,21?/m1/s1. The van der Waals surface area contributed by atoms with Gasteiger partial charge in [0, 0.05) is 5.41 Å². The zero-order valence-electron chi connectivity index (χ0n) is 14.4. The van der Waals surface area contributed by atoms with Crippen LogP contribution in [0.2, 0.25) is 0 Å². The minimum Gasteiger partial charge on any atom is -0.377 e. The van der Waals surface area contributed by atoms with E-state index in [0.29, 0.717) is 11.3 Å². The number of fused-ring (bicyclic) bond motifs is 5. The summed E-state index contributed by atoms with van der Waals surface area (Å²) in [6.45, 7) is 4.91. The van der Waals surface area contributed by atoms with Crippen LogP contribution >= 0.6 is 0 Å². The first kappa shape index (κ1) is 15.1. The van der Waals surface area contributed by atoms with E-state index in [1.165, 1.54) is 44.9 Å². The Morgan fingerprint density at radius 3 is 2.45 bits per heavy atom. The van der Waals surface area contributed by atoms with E-state index in [0.717, 1.165) is 37.0 Å². The van der Waals surface area contributed by atoms with Crippen LogP contribution in [0.15, 0.2) is 0 Å². The minimum atomic E-state index is -0.840. The molecule has 4 saturated carbocycles. The van der Waals surface area contributed by atoms with Gasteiger partial charge in [-0.2, -0.15) is 0 Å². The normalized spacial score (nSPS) is 57.4. The monoisotopic (exact) mass is 300 g/mol. The summed E-state index contributed by atoms with van der Waals surface area (Å²) < 4.78 is 0. The lowest BCUT2D eigenvalue weighted by Gasteiger charge is -2.60. The maximum atomic E-state index is 11.0. The summed E-state index contributed by atoms with van der Waals surface area (Å²) in [4.78, 5) is 0. The van der Waals surface area contributed by atoms with E-state index < -0.39 is 5.60 Å². The Morgan fingerprint density at radius 2 is 1.68 bits per heavy atom. The van der Waals surface area contributed by atoms with E-state index >= 15 is 0 Å². The molecule has 0 aromatic rings. The van der Waals surface area contributed by atoms with Gasteiger partial charge in [0.05, 0.1) is 0 Å². The number of rotatable bonds is 0. The predicted molar refractivity (Wildman–Crippen MR) is 90.1 cm³/mol. The van der Waals surface area contributed by atoms with E-state index in [1.807, 2.05) is 0 Å². The Labute approximate surface area is 136 Å². The third-order valence-electron chi connectivity index (χ3n) is 8.97. The molecule has 22 heavy (non-hydrogen) atoms. The number of hydrogen-bond donors (Lipinski definition) is 1. The topological polar surface area (TPSA) is 20.2 Å². The van der Waals surface area contributed by atoms with Gasteiger partial charge >= 0.3 is 0 Å². The second-order valence-corrected chi connectivity index (χ2v) is 9.40. The molecule has 4 rings (SSSR count). The summed E-state index contributed by atoms with van der Waals surface area (Å²) in [5.41, 5.74) is -0.285. The molecule has 0 aliphatic heterocycles. The fraction of sp³-hybridized carbons (Fsp3) is 0.905. The fourth-order valence-electron chi connectivity index (χ4n) is 7.55. The lowest BCUT2D eigenvalue weighted by atomic mass is 9.44. The number of aliphatic hydroxyl groups is 1. The predicted octanol–water partition coefficient (Wildman–Crippen LogP) is 4.78. The van der Waals surface area contributed by atoms with Crippen LogP contribution in [0.4, 0.5) is 0 Å². The minimum absolute atomic E-state index is 0.0270. The maximum absolute atomic E-state index is 11.0. The molecule has 0 heterocycles. The Bertz CT molecular complexity index is 505. The van der Waals surface area contributed by atoms with Crippen molar-refractivity contribution < 1.29 is 5.11 Å². The second-order valence-electron chi connectivity index (χ2n) is 9.40. The Morgan fingerprint density at radius 1 is 0.909 bits per heavy atom. The molecular weight excluding hydrogens is 268 g/mol. The van der Waals surface area contributed by atoms with Crippen molar-refractivity contribution in [2.75, 3.05) is 0 Å². The summed E-state index contributed by atoms with van der Waals surface area (Å²) in [5.74, 6) is 6.14. The summed E-state index contributed by atoms with van der Waals surface area (Å²) >= 11 is 0. The smallest absolute Gasteiger partial charge is 0.130 e. The molecule has 1 nitrogen and oxygen atoms in total. The van der Waals surface area contributed by atoms with Gasteiger partial charge in [0.15, 0.2) is 0 Å². The van der Waals surface area contributed by atoms with Crippen LogP contribution in [0.25, 0.3) is 0 Å². The molecule has 4 aliphatic rings. The van der Waals surface area contributed by atoms with Crippen molar-refractivity contribution in [3.63, 3.8) is 0 Å². The van der Waals surface area contributed by atoms with Crippen molar-refractivity contribution in [2.45, 2.75) is 83.7 Å². The quantitative estimate of drug-likeness (QED) is 0.638. The highest BCUT2D eigenvalue weighted by Crippen LogP contribution is 2.68. The highest BCUT2D eigenvalue weighted by molar-refractivity contribution is 5.23. The molecule has 0 radical (unpaired) electrons. The average Bonchev–Trinajstić information content (AvgIpc) is 2.79. The van der Waals surface area contributed by atoms with Crippen LogP contribution in [0.1, 0.15) is 78.1 Å². The lowest BCUT2D eigenvalue weighted by molar-refractivity contribution is -0.134. The van der Waals surface area contributed by atoms with Gasteiger partial charge in [0.2, 0.25) is 0 Å². The highest BCUT2D eigenvalue weighted by atomic mass is 16.3. The Hall–Kier alpha value is -0.480. The van der Waals surface area contributed by atoms with Gasteiger partial charge in [-0.1, -0.05) is 32.6 Å². The van der Waals surface area contributed by atoms with Crippen LogP contribution in [0.3, 0.4) is 0 Å². The maximum Gasteiger partial charge on any atom is 0.130 e. The first-order valence-corrected chi connectivity index (χ1v) is 9.65. The van der Waals surface area contributed by atoms with Crippen molar-refractivity contribution in [1.29, 1.82) is 0 Å². The molecule has 0 aromatic carbocycles. The summed E-state index contributed by atoms with van der Waals surface area (Å²) in [7, 11) is 0. The van der Waals surface area contributed by atoms with Gasteiger partial charge in [-0.3, -0.25) is 0 Å². The van der Waals surface area contributed by atoms with E-state index in [2.05, 4.69) is 19.8 Å². The molecule has 2 unspecified atom stereocenters. The van der Waals surface area contributed by atoms with E-state index in [-0.39, 0.29) is 5.41 Å². The van der Waals surface area contributed by atoms with E-state index in [1.54, 1.807) is 0 Å². The molecule has 0 aromatic heterocycles. The molecule has 1 N–H and O–H groups in total. The average molecular weight is 300 g/mol. The van der Waals surface area contributed by atoms with E-state index in [9.17, 15) is 5.11 Å². The van der Waals surface area contributed by atoms with Crippen molar-refractivity contribution in [3.05, 3.63) is 0 Å². The molecule has 4 aliphatic carbocycles. The zero-order valence-corrected chi connectivity index (χ0v) is 14.4. The molecule has 0 spiro atoms. The van der Waals surface area contributed by atoms with Crippen LogP contribution < -0.4 is 0 Å². The van der Waals surface area contributed by atoms with Crippen molar-refractivity contribution >= 4 is 0 Å². The summed E-state index contributed by atoms with van der Waals surface area (Å²) in [5, 5.41) is 11.0. The molecular formula is C21H32O. The van der Waals surface area contributed by atoms with Gasteiger partial charge in [-0.15, -0.1) is 6.42 Å². The van der Waals surface area contributed by atoms with Crippen molar-refractivity contribution in [2.24, 2.45) is 34.5 Å². The van der Waals surface area contributed by atoms with Crippen LogP contribution in [-0.2, 0) is 0 Å². The van der Waals surface area contributed by atoms with Crippen molar-refractivity contribution in [3.8, 4) is 12.3 Å². The number of terminal acetylenes is 1. The summed E-state index contributed by atoms with van der Waals surface area (Å²) in [6.07, 6.45) is 18.8. The molecule has 1 heteroatoms. The second kappa shape index (κ2) is 4.76. The molecule has 0 amide bonds. The SMILES string of the molecule is C#CC1(O)CC[C@H]2[C@@H]3CCC4CCCC[C@]4(C)[C@@H]3CC[C@@]21C. The lowest BCUT2D eigenvalue weighted by Crippen LogP contribution is -2.55. The third-order valence-corrected chi connectivity index (χ3v) is 8.97. The van der Waals surface area contributed by atoms with E-state index in [4.69, 9.17) is 6.42 Å². The van der Waals surface area contributed by atoms with Crippen LogP contribution in [0, 0.1) is 46.8 Å². The third kappa shape index (κ3) is 1.71. The highest BCUT2D eigenvalue weighted by Gasteiger charge is 2.63. The number of hydrogen-bond acceptors (Lipinski definition) is 1. The first-order chi connectivity index (χ1) is 10.4.